The van der Waals surface area contributed by atoms with Crippen LogP contribution in [-0.2, 0) is 0 Å². The fraction of sp³-hybridized carbons (Fsp3) is 0.611. The molecule has 2 heterocycles. The largest absolute Gasteiger partial charge is 0.366 e. The molecule has 138 valence electrons. The lowest BCUT2D eigenvalue weighted by Crippen LogP contribution is -2.56. The first-order valence-corrected chi connectivity index (χ1v) is 8.97. The van der Waals surface area contributed by atoms with Gasteiger partial charge in [-0.2, -0.15) is 0 Å². The lowest BCUT2D eigenvalue weighted by molar-refractivity contribution is 0.0444. The zero-order chi connectivity index (χ0) is 18.8. The van der Waals surface area contributed by atoms with Crippen molar-refractivity contribution in [2.75, 3.05) is 19.6 Å². The SMILES string of the molecule is CC1CC(C)CN(C(C)(C)CNC(=O)c2ccc(C(N)=O)c(Cl)n2)C1. The standard InChI is InChI=1S/C18H27ClN4O2/c1-11-7-12(2)9-23(8-11)18(3,4)10-21-17(25)14-6-5-13(16(20)24)15(19)22-14/h5-6,11-12H,7-10H2,1-4H3,(H2,20,24)(H,21,25). The van der Waals surface area contributed by atoms with Crippen molar-refractivity contribution >= 4 is 23.4 Å². The van der Waals surface area contributed by atoms with Gasteiger partial charge < -0.3 is 11.1 Å². The number of nitrogens with one attached hydrogen (secondary N) is 1. The normalized spacial score (nSPS) is 21.8. The molecular formula is C18H27ClN4O2. The predicted octanol–water partition coefficient (Wildman–Crippen LogP) is 2.32. The van der Waals surface area contributed by atoms with Crippen molar-refractivity contribution in [1.29, 1.82) is 0 Å². The molecule has 1 aliphatic heterocycles. The second kappa shape index (κ2) is 7.70. The lowest BCUT2D eigenvalue weighted by Gasteiger charge is -2.45. The molecule has 0 spiro atoms. The minimum atomic E-state index is -0.668. The van der Waals surface area contributed by atoms with Gasteiger partial charge in [0.05, 0.1) is 5.56 Å². The minimum absolute atomic E-state index is 0.0573. The van der Waals surface area contributed by atoms with Gasteiger partial charge in [0.1, 0.15) is 10.8 Å². The summed E-state index contributed by atoms with van der Waals surface area (Å²) in [5.41, 5.74) is 5.31. The molecule has 7 heteroatoms. The first-order valence-electron chi connectivity index (χ1n) is 8.59. The third-order valence-corrected chi connectivity index (χ3v) is 5.04. The molecule has 1 aromatic rings. The van der Waals surface area contributed by atoms with Crippen molar-refractivity contribution in [1.82, 2.24) is 15.2 Å². The van der Waals surface area contributed by atoms with Crippen LogP contribution in [0.1, 0.15) is 55.0 Å². The van der Waals surface area contributed by atoms with Crippen LogP contribution in [0.2, 0.25) is 5.15 Å². The average Bonchev–Trinajstić information content (AvgIpc) is 2.51. The Kier molecular flexibility index (Phi) is 6.06. The van der Waals surface area contributed by atoms with E-state index in [-0.39, 0.29) is 27.9 Å². The summed E-state index contributed by atoms with van der Waals surface area (Å²) < 4.78 is 0. The van der Waals surface area contributed by atoms with Gasteiger partial charge in [-0.3, -0.25) is 14.5 Å². The van der Waals surface area contributed by atoms with E-state index in [1.165, 1.54) is 18.6 Å². The van der Waals surface area contributed by atoms with Gasteiger partial charge in [0.25, 0.3) is 11.8 Å². The molecule has 0 saturated carbocycles. The number of aromatic nitrogens is 1. The Morgan fingerprint density at radius 2 is 1.92 bits per heavy atom. The molecule has 1 fully saturated rings. The maximum atomic E-state index is 12.4. The summed E-state index contributed by atoms with van der Waals surface area (Å²) in [6, 6.07) is 2.88. The smallest absolute Gasteiger partial charge is 0.270 e. The van der Waals surface area contributed by atoms with Gasteiger partial charge in [0.2, 0.25) is 0 Å². The van der Waals surface area contributed by atoms with E-state index in [2.05, 4.69) is 42.9 Å². The van der Waals surface area contributed by atoms with E-state index in [9.17, 15) is 9.59 Å². The molecule has 6 nitrogen and oxygen atoms in total. The minimum Gasteiger partial charge on any atom is -0.366 e. The number of hydrogen-bond donors (Lipinski definition) is 2. The number of halogens is 1. The molecule has 0 radical (unpaired) electrons. The van der Waals surface area contributed by atoms with Gasteiger partial charge in [0, 0.05) is 25.2 Å². The molecule has 2 atom stereocenters. The molecule has 0 bridgehead atoms. The Balaban J connectivity index is 2.01. The van der Waals surface area contributed by atoms with Crippen LogP contribution in [0.25, 0.3) is 0 Å². The Morgan fingerprint density at radius 3 is 2.44 bits per heavy atom. The fourth-order valence-corrected chi connectivity index (χ4v) is 3.65. The van der Waals surface area contributed by atoms with E-state index in [1.54, 1.807) is 0 Å². The number of pyridine rings is 1. The van der Waals surface area contributed by atoms with Crippen LogP contribution in [0.3, 0.4) is 0 Å². The molecular weight excluding hydrogens is 340 g/mol. The summed E-state index contributed by atoms with van der Waals surface area (Å²) in [7, 11) is 0. The second-order valence-electron chi connectivity index (χ2n) is 7.75. The number of nitrogens with zero attached hydrogens (tertiary/aromatic N) is 2. The third-order valence-electron chi connectivity index (χ3n) is 4.75. The van der Waals surface area contributed by atoms with Gasteiger partial charge in [-0.05, 0) is 44.2 Å². The van der Waals surface area contributed by atoms with E-state index in [0.717, 1.165) is 13.1 Å². The predicted molar refractivity (Wildman–Crippen MR) is 98.7 cm³/mol. The lowest BCUT2D eigenvalue weighted by atomic mass is 9.88. The number of amides is 2. The van der Waals surface area contributed by atoms with Crippen LogP contribution in [0, 0.1) is 11.8 Å². The summed E-state index contributed by atoms with van der Waals surface area (Å²) in [6.45, 7) is 11.4. The maximum absolute atomic E-state index is 12.4. The van der Waals surface area contributed by atoms with Crippen LogP contribution < -0.4 is 11.1 Å². The maximum Gasteiger partial charge on any atom is 0.270 e. The highest BCUT2D eigenvalue weighted by molar-refractivity contribution is 6.32. The monoisotopic (exact) mass is 366 g/mol. The van der Waals surface area contributed by atoms with Crippen molar-refractivity contribution < 1.29 is 9.59 Å². The summed E-state index contributed by atoms with van der Waals surface area (Å²) in [5, 5.41) is 2.87. The highest BCUT2D eigenvalue weighted by Gasteiger charge is 2.33. The first kappa shape index (κ1) is 19.7. The highest BCUT2D eigenvalue weighted by atomic mass is 35.5. The zero-order valence-electron chi connectivity index (χ0n) is 15.3. The Labute approximate surface area is 154 Å². The Bertz CT molecular complexity index is 652. The van der Waals surface area contributed by atoms with Crippen molar-refractivity contribution in [2.45, 2.75) is 39.7 Å². The van der Waals surface area contributed by atoms with Gasteiger partial charge in [0.15, 0.2) is 0 Å². The van der Waals surface area contributed by atoms with Crippen molar-refractivity contribution in [3.63, 3.8) is 0 Å². The fourth-order valence-electron chi connectivity index (χ4n) is 3.40. The molecule has 1 saturated heterocycles. The summed E-state index contributed by atoms with van der Waals surface area (Å²) in [6.07, 6.45) is 1.24. The summed E-state index contributed by atoms with van der Waals surface area (Å²) in [4.78, 5) is 30.0. The van der Waals surface area contributed by atoms with Gasteiger partial charge in [-0.1, -0.05) is 25.4 Å². The van der Waals surface area contributed by atoms with Crippen LogP contribution in [0.4, 0.5) is 0 Å². The van der Waals surface area contributed by atoms with E-state index < -0.39 is 5.91 Å². The molecule has 0 aliphatic carbocycles. The topological polar surface area (TPSA) is 88.3 Å². The van der Waals surface area contributed by atoms with E-state index >= 15 is 0 Å². The van der Waals surface area contributed by atoms with Crippen LogP contribution >= 0.6 is 11.6 Å². The molecule has 3 N–H and O–H groups in total. The number of nitrogens with two attached hydrogens (primary N) is 1. The van der Waals surface area contributed by atoms with Crippen LogP contribution in [-0.4, -0.2) is 46.9 Å². The average molecular weight is 367 g/mol. The number of hydrogen-bond acceptors (Lipinski definition) is 4. The molecule has 2 amide bonds. The van der Waals surface area contributed by atoms with Gasteiger partial charge in [-0.25, -0.2) is 4.98 Å². The quantitative estimate of drug-likeness (QED) is 0.783. The van der Waals surface area contributed by atoms with Crippen molar-refractivity contribution in [3.8, 4) is 0 Å². The molecule has 1 aliphatic rings. The van der Waals surface area contributed by atoms with Crippen LogP contribution in [0.5, 0.6) is 0 Å². The van der Waals surface area contributed by atoms with E-state index in [1.807, 2.05) is 0 Å². The molecule has 25 heavy (non-hydrogen) atoms. The summed E-state index contributed by atoms with van der Waals surface area (Å²) >= 11 is 5.91. The van der Waals surface area contributed by atoms with Crippen molar-refractivity contribution in [2.24, 2.45) is 17.6 Å². The number of carbonyl (C=O) groups is 2. The number of likely N-dealkylation sites (tertiary alicyclic amines) is 1. The van der Waals surface area contributed by atoms with Crippen molar-refractivity contribution in [3.05, 3.63) is 28.5 Å². The van der Waals surface area contributed by atoms with E-state index in [0.29, 0.717) is 18.4 Å². The van der Waals surface area contributed by atoms with E-state index in [4.69, 9.17) is 17.3 Å². The highest BCUT2D eigenvalue weighted by Crippen LogP contribution is 2.27. The number of rotatable bonds is 5. The molecule has 2 rings (SSSR count). The number of primary amides is 1. The number of carbonyl (C=O) groups excluding carboxylic acids is 2. The zero-order valence-corrected chi connectivity index (χ0v) is 16.1. The first-order chi connectivity index (χ1) is 11.6. The van der Waals surface area contributed by atoms with Gasteiger partial charge in [-0.15, -0.1) is 0 Å². The van der Waals surface area contributed by atoms with Crippen LogP contribution in [0.15, 0.2) is 12.1 Å². The molecule has 1 aromatic heterocycles. The Morgan fingerprint density at radius 1 is 1.32 bits per heavy atom. The Hall–Kier alpha value is -1.66. The second-order valence-corrected chi connectivity index (χ2v) is 8.10. The van der Waals surface area contributed by atoms with Gasteiger partial charge >= 0.3 is 0 Å². The molecule has 0 aromatic carbocycles. The number of piperidine rings is 1. The summed E-state index contributed by atoms with van der Waals surface area (Å²) in [5.74, 6) is 0.323. The third kappa shape index (κ3) is 4.92. The molecule has 2 unspecified atom stereocenters.